The van der Waals surface area contributed by atoms with Crippen molar-refractivity contribution >= 4 is 11.6 Å². The largest absolute Gasteiger partial charge is 0.324 e. The molecular weight excluding hydrogens is 254 g/mol. The predicted octanol–water partition coefficient (Wildman–Crippen LogP) is 1.40. The van der Waals surface area contributed by atoms with Gasteiger partial charge in [-0.05, 0) is 18.1 Å². The maximum absolute atomic E-state index is 12.1. The van der Waals surface area contributed by atoms with Crippen LogP contribution >= 0.6 is 0 Å². The summed E-state index contributed by atoms with van der Waals surface area (Å²) in [6.45, 7) is 3.83. The van der Waals surface area contributed by atoms with Crippen LogP contribution in [0.1, 0.15) is 13.8 Å². The Kier molecular flexibility index (Phi) is 4.14. The van der Waals surface area contributed by atoms with E-state index in [9.17, 15) is 4.79 Å². The van der Waals surface area contributed by atoms with Crippen LogP contribution in [0, 0.1) is 5.92 Å². The second-order valence-corrected chi connectivity index (χ2v) is 5.07. The second-order valence-electron chi connectivity index (χ2n) is 5.07. The average molecular weight is 273 g/mol. The molecule has 2 aromatic rings. The topological polar surface area (TPSA) is 85.8 Å². The van der Waals surface area contributed by atoms with Gasteiger partial charge in [-0.1, -0.05) is 26.0 Å². The smallest absolute Gasteiger partial charge is 0.241 e. The minimum absolute atomic E-state index is 0.0805. The Morgan fingerprint density at radius 3 is 2.65 bits per heavy atom. The quantitative estimate of drug-likeness (QED) is 0.881. The van der Waals surface area contributed by atoms with Crippen molar-refractivity contribution in [2.24, 2.45) is 18.7 Å². The van der Waals surface area contributed by atoms with E-state index in [2.05, 4.69) is 15.5 Å². The molecule has 106 valence electrons. The van der Waals surface area contributed by atoms with E-state index < -0.39 is 6.04 Å². The molecule has 0 aliphatic heterocycles. The molecule has 1 atom stereocenters. The number of hydrogen-bond donors (Lipinski definition) is 2. The van der Waals surface area contributed by atoms with Gasteiger partial charge in [0.05, 0.1) is 11.7 Å². The summed E-state index contributed by atoms with van der Waals surface area (Å²) >= 11 is 0. The molecule has 6 nitrogen and oxygen atoms in total. The Labute approximate surface area is 118 Å². The highest BCUT2D eigenvalue weighted by atomic mass is 16.2. The first-order chi connectivity index (χ1) is 9.50. The maximum atomic E-state index is 12.1. The number of carbonyl (C=O) groups excluding carboxylic acids is 1. The predicted molar refractivity (Wildman–Crippen MR) is 77.9 cm³/mol. The van der Waals surface area contributed by atoms with Crippen molar-refractivity contribution in [1.82, 2.24) is 14.8 Å². The van der Waals surface area contributed by atoms with Crippen molar-refractivity contribution < 1.29 is 4.79 Å². The van der Waals surface area contributed by atoms with E-state index in [1.54, 1.807) is 10.9 Å². The number of aryl methyl sites for hydroxylation is 1. The van der Waals surface area contributed by atoms with Gasteiger partial charge in [0.2, 0.25) is 5.91 Å². The third-order valence-corrected chi connectivity index (χ3v) is 3.16. The molecule has 0 radical (unpaired) electrons. The summed E-state index contributed by atoms with van der Waals surface area (Å²) in [6.07, 6.45) is 1.62. The maximum Gasteiger partial charge on any atom is 0.241 e. The molecule has 1 aromatic carbocycles. The number of nitrogens with two attached hydrogens (primary N) is 1. The number of nitrogens with zero attached hydrogens (tertiary/aromatic N) is 3. The zero-order valence-corrected chi connectivity index (χ0v) is 11.9. The molecule has 0 bridgehead atoms. The molecule has 1 amide bonds. The minimum atomic E-state index is -0.539. The lowest BCUT2D eigenvalue weighted by atomic mass is 10.0. The van der Waals surface area contributed by atoms with E-state index in [1.165, 1.54) is 0 Å². The molecule has 6 heteroatoms. The van der Waals surface area contributed by atoms with Crippen LogP contribution in [0.3, 0.4) is 0 Å². The fourth-order valence-electron chi connectivity index (χ4n) is 1.83. The summed E-state index contributed by atoms with van der Waals surface area (Å²) < 4.78 is 1.80. The molecule has 0 spiro atoms. The van der Waals surface area contributed by atoms with Crippen LogP contribution in [0.15, 0.2) is 30.6 Å². The van der Waals surface area contributed by atoms with Crippen molar-refractivity contribution in [3.63, 3.8) is 0 Å². The number of hydrogen-bond acceptors (Lipinski definition) is 4. The number of nitrogens with one attached hydrogen (secondary N) is 1. The van der Waals surface area contributed by atoms with Crippen LogP contribution < -0.4 is 11.1 Å². The Hall–Kier alpha value is -2.21. The van der Waals surface area contributed by atoms with E-state index in [1.807, 2.05) is 45.2 Å². The first kappa shape index (κ1) is 14.2. The molecule has 0 unspecified atom stereocenters. The molecular formula is C14H19N5O. The van der Waals surface area contributed by atoms with E-state index in [0.717, 1.165) is 5.56 Å². The summed E-state index contributed by atoms with van der Waals surface area (Å²) in [5, 5.41) is 10.8. The van der Waals surface area contributed by atoms with Gasteiger partial charge in [0.25, 0.3) is 0 Å². The molecule has 1 aromatic heterocycles. The molecule has 0 aliphatic rings. The van der Waals surface area contributed by atoms with Crippen LogP contribution in [-0.4, -0.2) is 26.7 Å². The fourth-order valence-corrected chi connectivity index (χ4v) is 1.83. The van der Waals surface area contributed by atoms with E-state index in [0.29, 0.717) is 11.5 Å². The number of aromatic nitrogens is 3. The van der Waals surface area contributed by atoms with E-state index >= 15 is 0 Å². The second kappa shape index (κ2) is 5.83. The van der Waals surface area contributed by atoms with Crippen LogP contribution in [-0.2, 0) is 11.8 Å². The van der Waals surface area contributed by atoms with Crippen molar-refractivity contribution in [2.45, 2.75) is 19.9 Å². The van der Waals surface area contributed by atoms with Gasteiger partial charge in [0, 0.05) is 12.6 Å². The lowest BCUT2D eigenvalue weighted by Gasteiger charge is -2.17. The van der Waals surface area contributed by atoms with Gasteiger partial charge in [0.1, 0.15) is 6.33 Å². The summed E-state index contributed by atoms with van der Waals surface area (Å²) in [5.74, 6) is 0.575. The first-order valence-electron chi connectivity index (χ1n) is 6.50. The number of amides is 1. The van der Waals surface area contributed by atoms with Crippen molar-refractivity contribution in [3.05, 3.63) is 30.6 Å². The van der Waals surface area contributed by atoms with Gasteiger partial charge in [-0.2, -0.15) is 0 Å². The van der Waals surface area contributed by atoms with Crippen molar-refractivity contribution in [3.8, 4) is 11.4 Å². The highest BCUT2D eigenvalue weighted by Gasteiger charge is 2.19. The Morgan fingerprint density at radius 2 is 2.05 bits per heavy atom. The molecule has 1 heterocycles. The van der Waals surface area contributed by atoms with E-state index in [4.69, 9.17) is 5.73 Å². The summed E-state index contributed by atoms with van der Waals surface area (Å²) in [7, 11) is 1.85. The molecule has 0 fully saturated rings. The van der Waals surface area contributed by atoms with Gasteiger partial charge in [-0.3, -0.25) is 4.79 Å². The number of para-hydroxylation sites is 1. The van der Waals surface area contributed by atoms with Gasteiger partial charge in [-0.25, -0.2) is 0 Å². The van der Waals surface area contributed by atoms with E-state index in [-0.39, 0.29) is 11.8 Å². The SMILES string of the molecule is CC(C)[C@H](N)C(=O)Nc1ccccc1-c1nncn1C. The Morgan fingerprint density at radius 1 is 1.35 bits per heavy atom. The van der Waals surface area contributed by atoms with Crippen molar-refractivity contribution in [1.29, 1.82) is 0 Å². The summed E-state index contributed by atoms with van der Waals surface area (Å²) in [6, 6.07) is 6.93. The minimum Gasteiger partial charge on any atom is -0.324 e. The third kappa shape index (κ3) is 2.85. The normalized spacial score (nSPS) is 12.4. The Balaban J connectivity index is 2.30. The average Bonchev–Trinajstić information content (AvgIpc) is 2.84. The third-order valence-electron chi connectivity index (χ3n) is 3.16. The van der Waals surface area contributed by atoms with Crippen molar-refractivity contribution in [2.75, 3.05) is 5.32 Å². The van der Waals surface area contributed by atoms with Crippen LogP contribution in [0.5, 0.6) is 0 Å². The number of anilines is 1. The highest BCUT2D eigenvalue weighted by molar-refractivity contribution is 5.97. The lowest BCUT2D eigenvalue weighted by molar-refractivity contribution is -0.118. The zero-order valence-electron chi connectivity index (χ0n) is 11.9. The number of carbonyl (C=O) groups is 1. The highest BCUT2D eigenvalue weighted by Crippen LogP contribution is 2.25. The molecule has 20 heavy (non-hydrogen) atoms. The van der Waals surface area contributed by atoms with Gasteiger partial charge >= 0.3 is 0 Å². The molecule has 3 N–H and O–H groups in total. The van der Waals surface area contributed by atoms with Gasteiger partial charge in [-0.15, -0.1) is 10.2 Å². The zero-order chi connectivity index (χ0) is 14.7. The summed E-state index contributed by atoms with van der Waals surface area (Å²) in [4.78, 5) is 12.1. The monoisotopic (exact) mass is 273 g/mol. The lowest BCUT2D eigenvalue weighted by Crippen LogP contribution is -2.39. The fraction of sp³-hybridized carbons (Fsp3) is 0.357. The standard InChI is InChI=1S/C14H19N5O/c1-9(2)12(15)14(20)17-11-7-5-4-6-10(11)13-18-16-8-19(13)3/h4-9,12H,15H2,1-3H3,(H,17,20)/t12-/m0/s1. The van der Waals surface area contributed by atoms with Crippen LogP contribution in [0.2, 0.25) is 0 Å². The summed E-state index contributed by atoms with van der Waals surface area (Å²) in [5.41, 5.74) is 7.36. The van der Waals surface area contributed by atoms with Crippen LogP contribution in [0.25, 0.3) is 11.4 Å². The first-order valence-corrected chi connectivity index (χ1v) is 6.50. The molecule has 0 aliphatic carbocycles. The molecule has 0 saturated carbocycles. The Bertz CT molecular complexity index is 605. The molecule has 0 saturated heterocycles. The van der Waals surface area contributed by atoms with Gasteiger partial charge in [0.15, 0.2) is 5.82 Å². The van der Waals surface area contributed by atoms with Gasteiger partial charge < -0.3 is 15.6 Å². The number of rotatable bonds is 4. The number of benzene rings is 1. The molecule has 2 rings (SSSR count). The van der Waals surface area contributed by atoms with Crippen LogP contribution in [0.4, 0.5) is 5.69 Å².